The summed E-state index contributed by atoms with van der Waals surface area (Å²) in [4.78, 5) is 119. The fraction of sp³-hybridized carbons (Fsp3) is 0.213. The number of ketones is 1. The number of alkyl halides is 1. The number of nitrogens with two attached hydrogens (primary N) is 1. The van der Waals surface area contributed by atoms with Crippen LogP contribution in [-0.2, 0) is 19.1 Å². The Balaban J connectivity index is 0.000000165. The van der Waals surface area contributed by atoms with E-state index in [1.165, 1.54) is 36.9 Å². The number of thiocarbonyl (C=S) groups is 1. The van der Waals surface area contributed by atoms with Crippen molar-refractivity contribution in [2.24, 2.45) is 5.73 Å². The Morgan fingerprint density at radius 3 is 1.21 bits per heavy atom. The van der Waals surface area contributed by atoms with Crippen LogP contribution in [0.4, 0.5) is 17.1 Å². The van der Waals surface area contributed by atoms with Gasteiger partial charge in [0.25, 0.3) is 17.7 Å². The summed E-state index contributed by atoms with van der Waals surface area (Å²) in [6, 6.07) is 27.4. The second-order valence-electron chi connectivity index (χ2n) is 24.0. The number of imidazole rings is 3. The molecule has 570 valence electrons. The molecule has 36 heteroatoms. The van der Waals surface area contributed by atoms with Crippen molar-refractivity contribution in [1.29, 1.82) is 0 Å². The standard InChI is InChI=1S/C25H22N6O4S.C23H18N6O4S.C19H16N6O2S.C6H9ClO3.C2H6O/c1-5-34-25(33)21-14(3)27-24(36-21)17-8-9-20-26-11-19(31(20)12-17)23(32)29-18-10-16(7-6-13(18)2)22-28-15(4)35-30-22;1-11-4-5-14(20-26-13(3)33-28-20)8-16(11)27-21(30)17-9-24-18-7-6-15(10-29(17)18)22-25-12(2)19(34-22)23(31)32;1-10-3-4-12(18-22-11(2)27-24-18)7-14(10)23-19(26)15-8-21-16-6-5-13(17(20)28)9-25(15)16;1-3-10-6(9)5(7)4(2)8;1-2-3/h6-12H,5H2,1-4H3,(H,29,32);4-10H,1-3H3,(H,27,30)(H,31,32);3-9H,1-2H3,(H2,20,28)(H,23,26);5H,3H2,1-2H3;3H,2H2,1H3. The number of hydrogen-bond donors (Lipinski definition) is 6. The molecule has 32 nitrogen and oxygen atoms in total. The molecule has 3 aromatic carbocycles. The molecule has 111 heavy (non-hydrogen) atoms. The molecule has 0 aliphatic heterocycles. The molecule has 0 radical (unpaired) electrons. The Hall–Kier alpha value is -13.0. The molecular formula is C75H71ClN18O14S3. The Labute approximate surface area is 650 Å². The Bertz CT molecular complexity index is 5850. The van der Waals surface area contributed by atoms with Crippen LogP contribution in [0.5, 0.6) is 0 Å². The van der Waals surface area contributed by atoms with Gasteiger partial charge in [0.1, 0.15) is 58.8 Å². The summed E-state index contributed by atoms with van der Waals surface area (Å²) in [6.07, 6.45) is 9.74. The minimum Gasteiger partial charge on any atom is -0.477 e. The van der Waals surface area contributed by atoms with Gasteiger partial charge in [-0.3, -0.25) is 32.4 Å². The number of aryl methyl sites for hydroxylation is 8. The average molecular weight is 1580 g/mol. The first-order valence-corrected chi connectivity index (χ1v) is 36.2. The number of anilines is 3. The number of nitrogens with zero attached hydrogens (tertiary/aromatic N) is 14. The minimum absolute atomic E-state index is 0.186. The number of rotatable bonds is 18. The summed E-state index contributed by atoms with van der Waals surface area (Å²) in [6.45, 7) is 21.4. The van der Waals surface area contributed by atoms with Crippen LogP contribution < -0.4 is 21.7 Å². The predicted octanol–water partition coefficient (Wildman–Crippen LogP) is 12.9. The van der Waals surface area contributed by atoms with E-state index in [0.29, 0.717) is 136 Å². The minimum atomic E-state index is -1.14. The van der Waals surface area contributed by atoms with Gasteiger partial charge in [-0.15, -0.1) is 34.3 Å². The van der Waals surface area contributed by atoms with Crippen molar-refractivity contribution in [3.05, 3.63) is 206 Å². The molecule has 11 aromatic heterocycles. The number of esters is 2. The largest absolute Gasteiger partial charge is 0.477 e. The number of carbonyl (C=O) groups is 7. The maximum atomic E-state index is 13.3. The number of pyridine rings is 3. The van der Waals surface area contributed by atoms with Crippen molar-refractivity contribution in [2.75, 3.05) is 35.8 Å². The zero-order chi connectivity index (χ0) is 80.1. The van der Waals surface area contributed by atoms with Gasteiger partial charge in [0.2, 0.25) is 35.1 Å². The molecule has 0 bridgehead atoms. The molecule has 3 amide bonds. The fourth-order valence-corrected chi connectivity index (χ4v) is 12.4. The summed E-state index contributed by atoms with van der Waals surface area (Å²) in [7, 11) is 0. The van der Waals surface area contributed by atoms with Crippen LogP contribution in [0.25, 0.3) is 72.2 Å². The summed E-state index contributed by atoms with van der Waals surface area (Å²) < 4.78 is 29.8. The van der Waals surface area contributed by atoms with Crippen LogP contribution in [0.3, 0.4) is 0 Å². The summed E-state index contributed by atoms with van der Waals surface area (Å²) >= 11 is 12.7. The monoisotopic (exact) mass is 1580 g/mol. The van der Waals surface area contributed by atoms with Crippen molar-refractivity contribution in [3.8, 4) is 55.3 Å². The van der Waals surface area contributed by atoms with Gasteiger partial charge in [-0.2, -0.15) is 15.0 Å². The Kier molecular flexibility index (Phi) is 26.0. The zero-order valence-corrected chi connectivity index (χ0v) is 64.8. The van der Waals surface area contributed by atoms with Gasteiger partial charge in [-0.25, -0.2) is 39.3 Å². The molecular weight excluding hydrogens is 1510 g/mol. The van der Waals surface area contributed by atoms with Crippen LogP contribution in [-0.4, -0.2) is 150 Å². The number of carboxylic acids is 1. The number of amides is 3. The van der Waals surface area contributed by atoms with E-state index in [1.807, 2.05) is 63.2 Å². The molecule has 7 N–H and O–H groups in total. The highest BCUT2D eigenvalue weighted by Crippen LogP contribution is 2.33. The smallest absolute Gasteiger partial charge is 0.350 e. The lowest BCUT2D eigenvalue weighted by Gasteiger charge is -2.10. The SMILES string of the molecule is CCO.CCOC(=O)C(Cl)C(C)=O.CCOC(=O)c1sc(-c2ccc3ncc(C(=O)Nc4cc(-c5noc(C)n5)ccc4C)n3c2)nc1C.Cc1nc(-c2ccc(C)c(NC(=O)c3cnc4ccc(-c5nc(C)c(C(=O)O)s5)cn34)c2)no1.Cc1nc(-c2ccc(C)c(NC(=O)c3cnc4ccc(C(N)=S)cn34)c2)no1. The number of Topliss-reactive ketones (excluding diaryl/α,β-unsaturated/α-hetero) is 1. The third-order valence-corrected chi connectivity index (χ3v) is 19.0. The highest BCUT2D eigenvalue weighted by molar-refractivity contribution is 7.80. The van der Waals surface area contributed by atoms with Crippen LogP contribution in [0, 0.1) is 55.4 Å². The van der Waals surface area contributed by atoms with E-state index in [-0.39, 0.29) is 46.6 Å². The number of ether oxygens (including phenoxy) is 2. The van der Waals surface area contributed by atoms with Gasteiger partial charge in [0.15, 0.2) is 11.2 Å². The lowest BCUT2D eigenvalue weighted by molar-refractivity contribution is -0.144. The van der Waals surface area contributed by atoms with Crippen LogP contribution in [0.2, 0.25) is 0 Å². The van der Waals surface area contributed by atoms with E-state index in [1.54, 1.807) is 136 Å². The molecule has 14 rings (SSSR count). The molecule has 0 aliphatic carbocycles. The molecule has 0 aliphatic rings. The van der Waals surface area contributed by atoms with Gasteiger partial charge >= 0.3 is 17.9 Å². The van der Waals surface area contributed by atoms with Gasteiger partial charge in [-0.1, -0.05) is 64.1 Å². The van der Waals surface area contributed by atoms with Crippen molar-refractivity contribution in [1.82, 2.24) is 68.5 Å². The second kappa shape index (κ2) is 35.8. The number of aromatic carboxylic acids is 1. The molecule has 0 fully saturated rings. The summed E-state index contributed by atoms with van der Waals surface area (Å²) in [5.41, 5.74) is 18.4. The van der Waals surface area contributed by atoms with Crippen molar-refractivity contribution in [3.63, 3.8) is 0 Å². The van der Waals surface area contributed by atoms with Crippen LogP contribution in [0.15, 0.2) is 142 Å². The molecule has 1 unspecified atom stereocenters. The third kappa shape index (κ3) is 19.3. The first kappa shape index (κ1) is 80.6. The lowest BCUT2D eigenvalue weighted by Crippen LogP contribution is -2.24. The number of benzene rings is 3. The number of halogens is 1. The van der Waals surface area contributed by atoms with Gasteiger partial charge < -0.3 is 54.9 Å². The van der Waals surface area contributed by atoms with Crippen LogP contribution in [0.1, 0.15) is 130 Å². The normalized spacial score (nSPS) is 11.0. The molecule has 14 aromatic rings. The van der Waals surface area contributed by atoms with Gasteiger partial charge in [0.05, 0.1) is 43.2 Å². The number of fused-ring (bicyclic) bond motifs is 3. The van der Waals surface area contributed by atoms with Gasteiger partial charge in [0, 0.05) is 96.4 Å². The Morgan fingerprint density at radius 2 is 0.874 bits per heavy atom. The zero-order valence-electron chi connectivity index (χ0n) is 61.6. The average Bonchev–Trinajstić information content (AvgIpc) is 1.66. The van der Waals surface area contributed by atoms with E-state index in [0.717, 1.165) is 44.7 Å². The number of aliphatic hydroxyl groups is 1. The number of nitrogens with one attached hydrogen (secondary N) is 3. The quantitative estimate of drug-likeness (QED) is 0.0201. The van der Waals surface area contributed by atoms with Crippen molar-refractivity contribution < 1.29 is 66.8 Å². The number of aromatic nitrogens is 14. The summed E-state index contributed by atoms with van der Waals surface area (Å²) in [5.74, 6) is -0.720. The molecule has 0 saturated carbocycles. The van der Waals surface area contributed by atoms with Crippen LogP contribution >= 0.6 is 46.5 Å². The number of thiazole rings is 2. The summed E-state index contributed by atoms with van der Waals surface area (Å²) in [5, 5.41) is 37.6. The van der Waals surface area contributed by atoms with E-state index in [4.69, 9.17) is 53.0 Å². The Morgan fingerprint density at radius 1 is 0.523 bits per heavy atom. The number of carbonyl (C=O) groups excluding carboxylic acids is 6. The number of hydrogen-bond acceptors (Lipinski definition) is 27. The first-order chi connectivity index (χ1) is 53.1. The van der Waals surface area contributed by atoms with Crippen molar-refractivity contribution in [2.45, 2.75) is 88.5 Å². The number of aliphatic hydroxyl groups excluding tert-OH is 1. The van der Waals surface area contributed by atoms with E-state index in [9.17, 15) is 38.7 Å². The molecule has 0 saturated heterocycles. The molecule has 0 spiro atoms. The van der Waals surface area contributed by atoms with Gasteiger partial charge in [-0.05, 0) is 134 Å². The van der Waals surface area contributed by atoms with E-state index >= 15 is 0 Å². The highest BCUT2D eigenvalue weighted by Gasteiger charge is 2.25. The van der Waals surface area contributed by atoms with Crippen molar-refractivity contribution >= 4 is 127 Å². The maximum Gasteiger partial charge on any atom is 0.350 e. The topological polar surface area (TPSA) is 435 Å². The maximum absolute atomic E-state index is 13.3. The highest BCUT2D eigenvalue weighted by atomic mass is 35.5. The fourth-order valence-electron chi connectivity index (χ4n) is 10.3. The molecule has 11 heterocycles. The third-order valence-electron chi connectivity index (χ3n) is 15.9. The predicted molar refractivity (Wildman–Crippen MR) is 417 cm³/mol. The van der Waals surface area contributed by atoms with E-state index < -0.39 is 23.3 Å². The number of carboxylic acid groups (broad SMARTS) is 1. The molecule has 1 atom stereocenters. The van der Waals surface area contributed by atoms with E-state index in [2.05, 4.69) is 76.0 Å². The second-order valence-corrected chi connectivity index (χ2v) is 26.9. The lowest BCUT2D eigenvalue weighted by atomic mass is 10.1. The first-order valence-electron chi connectivity index (χ1n) is 33.7.